The molecule has 6 heteroatoms. The number of nitro groups is 1. The summed E-state index contributed by atoms with van der Waals surface area (Å²) in [5, 5.41) is 11.0. The molecule has 1 aliphatic heterocycles. The molecule has 6 nitrogen and oxygen atoms in total. The van der Waals surface area contributed by atoms with Gasteiger partial charge in [0.25, 0.3) is 5.69 Å². The molecule has 29 heavy (non-hydrogen) atoms. The molecule has 0 spiro atoms. The van der Waals surface area contributed by atoms with Crippen molar-refractivity contribution in [1.29, 1.82) is 0 Å². The normalized spacial score (nSPS) is 33.2. The standard InChI is InChI=1S/C23H31N3O3/c1-16-8-20(26(28)29)2-3-21(16)24-4-6-25(7-5-24)22(27)15-23-12-17-9-18(13-23)11-19(10-17)14-23/h2-3,8,17-19H,4-7,9-15H2,1H3. The van der Waals surface area contributed by atoms with Crippen LogP contribution >= 0.6 is 0 Å². The first kappa shape index (κ1) is 18.9. The maximum Gasteiger partial charge on any atom is 0.269 e. The number of non-ortho nitro benzene ring substituents is 1. The Morgan fingerprint density at radius 1 is 1.07 bits per heavy atom. The molecule has 0 atom stereocenters. The number of amides is 1. The summed E-state index contributed by atoms with van der Waals surface area (Å²) in [6, 6.07) is 5.06. The second-order valence-corrected chi connectivity index (χ2v) is 10.2. The summed E-state index contributed by atoms with van der Waals surface area (Å²) in [5.41, 5.74) is 2.41. The van der Waals surface area contributed by atoms with E-state index in [4.69, 9.17) is 0 Å². The van der Waals surface area contributed by atoms with Crippen molar-refractivity contribution in [3.05, 3.63) is 33.9 Å². The van der Waals surface area contributed by atoms with Gasteiger partial charge in [0, 0.05) is 50.4 Å². The molecule has 0 N–H and O–H groups in total. The van der Waals surface area contributed by atoms with Gasteiger partial charge in [-0.1, -0.05) is 0 Å². The number of piperazine rings is 1. The van der Waals surface area contributed by atoms with Gasteiger partial charge in [-0.2, -0.15) is 0 Å². The molecular formula is C23H31N3O3. The number of carbonyl (C=O) groups is 1. The predicted octanol–water partition coefficient (Wildman–Crippen LogP) is 4.16. The van der Waals surface area contributed by atoms with Crippen molar-refractivity contribution in [2.75, 3.05) is 31.1 Å². The molecule has 0 aromatic heterocycles. The van der Waals surface area contributed by atoms with Gasteiger partial charge in [0.05, 0.1) is 4.92 Å². The molecule has 1 heterocycles. The second-order valence-electron chi connectivity index (χ2n) is 10.2. The van der Waals surface area contributed by atoms with Crippen molar-refractivity contribution < 1.29 is 9.72 Å². The fourth-order valence-corrected chi connectivity index (χ4v) is 7.24. The van der Waals surface area contributed by atoms with E-state index in [-0.39, 0.29) is 10.6 Å². The molecule has 4 saturated carbocycles. The topological polar surface area (TPSA) is 66.7 Å². The summed E-state index contributed by atoms with van der Waals surface area (Å²) in [4.78, 5) is 28.1. The van der Waals surface area contributed by atoms with Crippen molar-refractivity contribution in [3.63, 3.8) is 0 Å². The lowest BCUT2D eigenvalue weighted by Gasteiger charge is -2.57. The summed E-state index contributed by atoms with van der Waals surface area (Å²) in [6.07, 6.45) is 8.86. The Kier molecular flexibility index (Phi) is 4.56. The van der Waals surface area contributed by atoms with Crippen LogP contribution in [0.4, 0.5) is 11.4 Å². The van der Waals surface area contributed by atoms with Gasteiger partial charge < -0.3 is 9.80 Å². The van der Waals surface area contributed by atoms with E-state index in [0.29, 0.717) is 11.3 Å². The molecule has 5 fully saturated rings. The van der Waals surface area contributed by atoms with Crippen LogP contribution in [0.5, 0.6) is 0 Å². The van der Waals surface area contributed by atoms with Crippen LogP contribution in [0.15, 0.2) is 18.2 Å². The Morgan fingerprint density at radius 2 is 1.66 bits per heavy atom. The van der Waals surface area contributed by atoms with E-state index in [0.717, 1.165) is 61.6 Å². The minimum absolute atomic E-state index is 0.135. The molecule has 5 aliphatic rings. The van der Waals surface area contributed by atoms with Crippen LogP contribution in [0.1, 0.15) is 50.5 Å². The number of hydrogen-bond acceptors (Lipinski definition) is 4. The van der Waals surface area contributed by atoms with E-state index in [9.17, 15) is 14.9 Å². The third-order valence-electron chi connectivity index (χ3n) is 8.06. The van der Waals surface area contributed by atoms with Gasteiger partial charge in [0.2, 0.25) is 5.91 Å². The third-order valence-corrected chi connectivity index (χ3v) is 8.06. The van der Waals surface area contributed by atoms with Gasteiger partial charge in [0.15, 0.2) is 0 Å². The fraction of sp³-hybridized carbons (Fsp3) is 0.696. The lowest BCUT2D eigenvalue weighted by molar-refractivity contribution is -0.384. The highest BCUT2D eigenvalue weighted by atomic mass is 16.6. The van der Waals surface area contributed by atoms with Crippen LogP contribution in [-0.4, -0.2) is 41.9 Å². The highest BCUT2D eigenvalue weighted by Crippen LogP contribution is 2.61. The first-order valence-electron chi connectivity index (χ1n) is 11.2. The molecule has 0 unspecified atom stereocenters. The number of benzene rings is 1. The monoisotopic (exact) mass is 397 g/mol. The van der Waals surface area contributed by atoms with Crippen molar-refractivity contribution >= 4 is 17.3 Å². The fourth-order valence-electron chi connectivity index (χ4n) is 7.24. The molecule has 4 aliphatic carbocycles. The van der Waals surface area contributed by atoms with Crippen molar-refractivity contribution in [2.24, 2.45) is 23.2 Å². The van der Waals surface area contributed by atoms with E-state index in [1.807, 2.05) is 13.0 Å². The number of anilines is 1. The highest BCUT2D eigenvalue weighted by Gasteiger charge is 2.51. The van der Waals surface area contributed by atoms with Crippen LogP contribution in [0.25, 0.3) is 0 Å². The molecule has 1 saturated heterocycles. The number of aryl methyl sites for hydroxylation is 1. The summed E-state index contributed by atoms with van der Waals surface area (Å²) in [7, 11) is 0. The van der Waals surface area contributed by atoms with Gasteiger partial charge in [-0.15, -0.1) is 0 Å². The van der Waals surface area contributed by atoms with E-state index < -0.39 is 0 Å². The average molecular weight is 398 g/mol. The molecular weight excluding hydrogens is 366 g/mol. The number of carbonyl (C=O) groups excluding carboxylic acids is 1. The molecule has 156 valence electrons. The van der Waals surface area contributed by atoms with Crippen LogP contribution in [-0.2, 0) is 4.79 Å². The van der Waals surface area contributed by atoms with Crippen LogP contribution in [0.2, 0.25) is 0 Å². The zero-order valence-electron chi connectivity index (χ0n) is 17.3. The quantitative estimate of drug-likeness (QED) is 0.565. The van der Waals surface area contributed by atoms with E-state index >= 15 is 0 Å². The minimum atomic E-state index is -0.349. The van der Waals surface area contributed by atoms with Crippen LogP contribution < -0.4 is 4.90 Å². The molecule has 4 bridgehead atoms. The van der Waals surface area contributed by atoms with E-state index in [2.05, 4.69) is 9.80 Å². The first-order valence-corrected chi connectivity index (χ1v) is 11.2. The summed E-state index contributed by atoms with van der Waals surface area (Å²) in [5.74, 6) is 3.01. The molecule has 1 amide bonds. The lowest BCUT2D eigenvalue weighted by Crippen LogP contribution is -2.52. The molecule has 6 rings (SSSR count). The van der Waals surface area contributed by atoms with Gasteiger partial charge in [-0.25, -0.2) is 0 Å². The smallest absolute Gasteiger partial charge is 0.269 e. The van der Waals surface area contributed by atoms with E-state index in [1.54, 1.807) is 12.1 Å². The number of nitro benzene ring substituents is 1. The Bertz CT molecular complexity index is 793. The summed E-state index contributed by atoms with van der Waals surface area (Å²) in [6.45, 7) is 5.02. The van der Waals surface area contributed by atoms with Crippen LogP contribution in [0.3, 0.4) is 0 Å². The first-order chi connectivity index (χ1) is 13.9. The Morgan fingerprint density at radius 3 is 2.17 bits per heavy atom. The van der Waals surface area contributed by atoms with E-state index in [1.165, 1.54) is 38.5 Å². The zero-order chi connectivity index (χ0) is 20.2. The number of rotatable bonds is 4. The van der Waals surface area contributed by atoms with Gasteiger partial charge in [0.1, 0.15) is 0 Å². The van der Waals surface area contributed by atoms with Gasteiger partial charge in [-0.3, -0.25) is 14.9 Å². The average Bonchev–Trinajstić information content (AvgIpc) is 2.66. The minimum Gasteiger partial charge on any atom is -0.368 e. The number of nitrogens with zero attached hydrogens (tertiary/aromatic N) is 3. The lowest BCUT2D eigenvalue weighted by atomic mass is 9.49. The zero-order valence-corrected chi connectivity index (χ0v) is 17.3. The van der Waals surface area contributed by atoms with Crippen molar-refractivity contribution in [1.82, 2.24) is 4.90 Å². The predicted molar refractivity (Wildman–Crippen MR) is 112 cm³/mol. The third kappa shape index (κ3) is 3.51. The van der Waals surface area contributed by atoms with Crippen LogP contribution in [0, 0.1) is 40.2 Å². The van der Waals surface area contributed by atoms with Gasteiger partial charge in [-0.05, 0) is 80.2 Å². The maximum atomic E-state index is 13.1. The molecule has 1 aromatic carbocycles. The van der Waals surface area contributed by atoms with Crippen molar-refractivity contribution in [3.8, 4) is 0 Å². The Hall–Kier alpha value is -2.11. The van der Waals surface area contributed by atoms with Crippen molar-refractivity contribution in [2.45, 2.75) is 51.9 Å². The second kappa shape index (κ2) is 6.99. The van der Waals surface area contributed by atoms with Gasteiger partial charge >= 0.3 is 0 Å². The molecule has 0 radical (unpaired) electrons. The highest BCUT2D eigenvalue weighted by molar-refractivity contribution is 5.77. The molecule has 1 aromatic rings. The summed E-state index contributed by atoms with van der Waals surface area (Å²) >= 11 is 0. The SMILES string of the molecule is Cc1cc([N+](=O)[O-])ccc1N1CCN(C(=O)CC23CC4CC(CC(C4)C2)C3)CC1. The summed E-state index contributed by atoms with van der Waals surface area (Å²) < 4.78 is 0. The largest absolute Gasteiger partial charge is 0.368 e. The Labute approximate surface area is 172 Å². The Balaban J connectivity index is 1.20. The maximum absolute atomic E-state index is 13.1. The number of hydrogen-bond donors (Lipinski definition) is 0.